The third-order valence-corrected chi connectivity index (χ3v) is 6.79. The van der Waals surface area contributed by atoms with Crippen LogP contribution in [0.25, 0.3) is 11.0 Å². The van der Waals surface area contributed by atoms with Crippen LogP contribution >= 0.6 is 38.9 Å². The second-order valence-corrected chi connectivity index (χ2v) is 9.17. The lowest BCUT2D eigenvalue weighted by atomic mass is 9.99. The second-order valence-electron chi connectivity index (χ2n) is 6.78. The lowest BCUT2D eigenvalue weighted by Crippen LogP contribution is -2.29. The summed E-state index contributed by atoms with van der Waals surface area (Å²) >= 11 is 10.8. The molecule has 1 aliphatic heterocycles. The summed E-state index contributed by atoms with van der Waals surface area (Å²) in [6.45, 7) is 1.97. The van der Waals surface area contributed by atoms with Crippen LogP contribution in [0.5, 0.6) is 0 Å². The molecule has 0 saturated heterocycles. The minimum atomic E-state index is -0.679. The molecule has 1 aliphatic rings. The van der Waals surface area contributed by atoms with Crippen molar-refractivity contribution in [3.8, 4) is 0 Å². The van der Waals surface area contributed by atoms with Crippen molar-refractivity contribution in [3.63, 3.8) is 0 Å². The Bertz CT molecular complexity index is 1370. The van der Waals surface area contributed by atoms with Crippen LogP contribution in [0.15, 0.2) is 56.1 Å². The van der Waals surface area contributed by atoms with Crippen molar-refractivity contribution in [2.24, 2.45) is 0 Å². The highest BCUT2D eigenvalue weighted by Crippen LogP contribution is 2.42. The van der Waals surface area contributed by atoms with Crippen molar-refractivity contribution in [2.75, 3.05) is 4.90 Å². The molecule has 30 heavy (non-hydrogen) atoms. The molecule has 5 rings (SSSR count). The maximum atomic E-state index is 13.5. The average molecular weight is 503 g/mol. The Labute approximate surface area is 188 Å². The van der Waals surface area contributed by atoms with E-state index in [4.69, 9.17) is 16.0 Å². The molecule has 0 bridgehead atoms. The summed E-state index contributed by atoms with van der Waals surface area (Å²) in [7, 11) is 0. The molecule has 0 spiro atoms. The first-order valence-electron chi connectivity index (χ1n) is 9.15. The van der Waals surface area contributed by atoms with E-state index < -0.39 is 11.9 Å². The number of hydrogen-bond acceptors (Lipinski definition) is 6. The van der Waals surface area contributed by atoms with Gasteiger partial charge >= 0.3 is 0 Å². The third-order valence-electron chi connectivity index (χ3n) is 4.98. The molecule has 1 atom stereocenters. The molecule has 0 fully saturated rings. The summed E-state index contributed by atoms with van der Waals surface area (Å²) in [6.07, 6.45) is 0.702. The zero-order valence-electron chi connectivity index (χ0n) is 15.6. The van der Waals surface area contributed by atoms with Crippen LogP contribution in [0.2, 0.25) is 5.02 Å². The third kappa shape index (κ3) is 2.98. The van der Waals surface area contributed by atoms with E-state index in [9.17, 15) is 9.59 Å². The maximum absolute atomic E-state index is 13.5. The van der Waals surface area contributed by atoms with Gasteiger partial charge in [0.1, 0.15) is 10.6 Å². The van der Waals surface area contributed by atoms with Gasteiger partial charge in [0.2, 0.25) is 10.9 Å². The first-order chi connectivity index (χ1) is 14.5. The lowest BCUT2D eigenvalue weighted by molar-refractivity contribution is 0.0970. The van der Waals surface area contributed by atoms with Crippen molar-refractivity contribution in [1.29, 1.82) is 0 Å². The van der Waals surface area contributed by atoms with Gasteiger partial charge in [0.25, 0.3) is 5.91 Å². The predicted molar refractivity (Wildman–Crippen MR) is 120 cm³/mol. The van der Waals surface area contributed by atoms with Crippen molar-refractivity contribution in [1.82, 2.24) is 10.2 Å². The van der Waals surface area contributed by atoms with Crippen LogP contribution < -0.4 is 10.3 Å². The Balaban J connectivity index is 1.80. The van der Waals surface area contributed by atoms with Crippen LogP contribution in [0, 0.1) is 0 Å². The smallest absolute Gasteiger partial charge is 0.297 e. The van der Waals surface area contributed by atoms with Gasteiger partial charge in [-0.1, -0.05) is 57.9 Å². The first-order valence-corrected chi connectivity index (χ1v) is 11.1. The molecule has 4 aromatic rings. The van der Waals surface area contributed by atoms with E-state index in [1.807, 2.05) is 6.92 Å². The summed E-state index contributed by atoms with van der Waals surface area (Å²) in [6, 6.07) is 11.5. The summed E-state index contributed by atoms with van der Waals surface area (Å²) in [5.41, 5.74) is 1.14. The van der Waals surface area contributed by atoms with E-state index >= 15 is 0 Å². The van der Waals surface area contributed by atoms with Crippen molar-refractivity contribution < 1.29 is 9.21 Å². The minimum absolute atomic E-state index is 0.0306. The number of aromatic nitrogens is 2. The van der Waals surface area contributed by atoms with Gasteiger partial charge in [-0.3, -0.25) is 14.5 Å². The highest BCUT2D eigenvalue weighted by Gasteiger charge is 2.45. The number of aryl methyl sites for hydroxylation is 1. The Hall–Kier alpha value is -2.55. The van der Waals surface area contributed by atoms with E-state index in [0.29, 0.717) is 33.1 Å². The fourth-order valence-corrected chi connectivity index (χ4v) is 4.88. The summed E-state index contributed by atoms with van der Waals surface area (Å²) in [4.78, 5) is 28.4. The molecule has 0 saturated carbocycles. The topological polar surface area (TPSA) is 76.3 Å². The highest BCUT2D eigenvalue weighted by atomic mass is 79.9. The largest absolute Gasteiger partial charge is 0.450 e. The Kier molecular flexibility index (Phi) is 4.72. The summed E-state index contributed by atoms with van der Waals surface area (Å²) < 4.78 is 6.68. The van der Waals surface area contributed by atoms with Gasteiger partial charge in [0, 0.05) is 9.50 Å². The number of amides is 1. The molecule has 0 N–H and O–H groups in total. The van der Waals surface area contributed by atoms with Crippen LogP contribution in [0.3, 0.4) is 0 Å². The van der Waals surface area contributed by atoms with Gasteiger partial charge < -0.3 is 4.42 Å². The highest BCUT2D eigenvalue weighted by molar-refractivity contribution is 9.10. The molecule has 0 aliphatic carbocycles. The number of benzene rings is 2. The van der Waals surface area contributed by atoms with Crippen molar-refractivity contribution in [3.05, 3.63) is 84.1 Å². The molecule has 2 aromatic heterocycles. The molecular formula is C21H13BrClN3O3S. The van der Waals surface area contributed by atoms with Crippen LogP contribution in [-0.4, -0.2) is 16.1 Å². The first kappa shape index (κ1) is 19.4. The zero-order chi connectivity index (χ0) is 21.0. The second kappa shape index (κ2) is 7.30. The standard InChI is InChI=1S/C21H13BrClN3O3S/c1-2-15-24-25-21(30-15)26-17(10-3-6-12(23)7-4-10)16-18(27)13-9-11(22)5-8-14(13)29-19(16)20(26)28/h3-9,17H,2H2,1H3. The molecule has 150 valence electrons. The van der Waals surface area contributed by atoms with E-state index in [1.54, 1.807) is 42.5 Å². The molecule has 1 amide bonds. The number of rotatable bonds is 3. The number of carbonyl (C=O) groups is 1. The quantitative estimate of drug-likeness (QED) is 0.376. The van der Waals surface area contributed by atoms with Crippen LogP contribution in [0.1, 0.15) is 39.7 Å². The summed E-state index contributed by atoms with van der Waals surface area (Å²) in [5, 5.41) is 10.5. The zero-order valence-corrected chi connectivity index (χ0v) is 18.7. The molecule has 1 unspecified atom stereocenters. The Morgan fingerprint density at radius 2 is 1.93 bits per heavy atom. The van der Waals surface area contributed by atoms with E-state index in [0.717, 1.165) is 15.0 Å². The molecule has 0 radical (unpaired) electrons. The van der Waals surface area contributed by atoms with Gasteiger partial charge in [-0.15, -0.1) is 10.2 Å². The van der Waals surface area contributed by atoms with E-state index in [2.05, 4.69) is 26.1 Å². The van der Waals surface area contributed by atoms with Crippen molar-refractivity contribution in [2.45, 2.75) is 19.4 Å². The number of carbonyl (C=O) groups excluding carboxylic acids is 1. The van der Waals surface area contributed by atoms with Crippen molar-refractivity contribution >= 4 is 60.9 Å². The summed E-state index contributed by atoms with van der Waals surface area (Å²) in [5.74, 6) is -0.381. The molecular weight excluding hydrogens is 490 g/mol. The van der Waals surface area contributed by atoms with Crippen LogP contribution in [-0.2, 0) is 6.42 Å². The predicted octanol–water partition coefficient (Wildman–Crippen LogP) is 5.37. The molecule has 2 aromatic carbocycles. The van der Waals surface area contributed by atoms with Gasteiger partial charge in [0.15, 0.2) is 5.43 Å². The number of anilines is 1. The number of nitrogens with zero attached hydrogens (tertiary/aromatic N) is 3. The number of hydrogen-bond donors (Lipinski definition) is 0. The molecule has 3 heterocycles. The van der Waals surface area contributed by atoms with Gasteiger partial charge in [0.05, 0.1) is 17.0 Å². The number of halogens is 2. The SMILES string of the molecule is CCc1nnc(N2C(=O)c3oc4ccc(Br)cc4c(=O)c3C2c2ccc(Cl)cc2)s1. The van der Waals surface area contributed by atoms with E-state index in [-0.39, 0.29) is 11.2 Å². The normalized spacial score (nSPS) is 15.8. The van der Waals surface area contributed by atoms with Gasteiger partial charge in [-0.25, -0.2) is 0 Å². The fourth-order valence-electron chi connectivity index (χ4n) is 3.59. The van der Waals surface area contributed by atoms with Gasteiger partial charge in [-0.05, 0) is 42.3 Å². The van der Waals surface area contributed by atoms with Crippen LogP contribution in [0.4, 0.5) is 5.13 Å². The lowest BCUT2D eigenvalue weighted by Gasteiger charge is -2.22. The number of fused-ring (bicyclic) bond motifs is 2. The molecule has 6 nitrogen and oxygen atoms in total. The van der Waals surface area contributed by atoms with Gasteiger partial charge in [-0.2, -0.15) is 0 Å². The van der Waals surface area contributed by atoms with E-state index in [1.165, 1.54) is 16.2 Å². The Morgan fingerprint density at radius 1 is 1.17 bits per heavy atom. The minimum Gasteiger partial charge on any atom is -0.450 e. The monoisotopic (exact) mass is 501 g/mol. The maximum Gasteiger partial charge on any atom is 0.297 e. The Morgan fingerprint density at radius 3 is 2.63 bits per heavy atom. The fraction of sp³-hybridized carbons (Fsp3) is 0.143. The molecule has 9 heteroatoms. The average Bonchev–Trinajstić information content (AvgIpc) is 3.32.